The third kappa shape index (κ3) is 3.61. The molecular weight excluding hydrogens is 572 g/mol. The lowest BCUT2D eigenvalue weighted by molar-refractivity contribution is -0.121. The number of carbonyl (C=O) groups is 3. The second-order valence-electron chi connectivity index (χ2n) is 10.5. The van der Waals surface area contributed by atoms with Crippen molar-refractivity contribution in [3.05, 3.63) is 111 Å². The van der Waals surface area contributed by atoms with Gasteiger partial charge in [-0.2, -0.15) is 0 Å². The molecule has 9 heteroatoms. The van der Waals surface area contributed by atoms with Gasteiger partial charge in [-0.15, -0.1) is 11.3 Å². The summed E-state index contributed by atoms with van der Waals surface area (Å²) in [5.41, 5.74) is 1.64. The van der Waals surface area contributed by atoms with Crippen molar-refractivity contribution < 1.29 is 23.9 Å². The number of nitrogens with zero attached hydrogens (tertiary/aromatic N) is 1. The van der Waals surface area contributed by atoms with Crippen molar-refractivity contribution in [3.8, 4) is 11.5 Å². The Kier molecular flexibility index (Phi) is 6.22. The Hall–Kier alpha value is -4.40. The summed E-state index contributed by atoms with van der Waals surface area (Å²) in [5, 5.41) is 5.42. The molecule has 0 bridgehead atoms. The number of hydrogen-bond acceptors (Lipinski definition) is 7. The number of ether oxygens (including phenoxy) is 2. The van der Waals surface area contributed by atoms with Crippen LogP contribution in [-0.4, -0.2) is 43.8 Å². The number of amides is 1. The summed E-state index contributed by atoms with van der Waals surface area (Å²) < 4.78 is 11.1. The second-order valence-corrected chi connectivity index (χ2v) is 11.9. The van der Waals surface area contributed by atoms with Crippen LogP contribution in [0.25, 0.3) is 6.08 Å². The smallest absolute Gasteiger partial charge is 0.238 e. The Morgan fingerprint density at radius 3 is 2.57 bits per heavy atom. The number of halogens is 1. The summed E-state index contributed by atoms with van der Waals surface area (Å²) in [4.78, 5) is 46.6. The maximum absolute atomic E-state index is 15.1. The number of hydrogen-bond donors (Lipinski definition) is 1. The van der Waals surface area contributed by atoms with Gasteiger partial charge in [0.25, 0.3) is 0 Å². The first kappa shape index (κ1) is 26.5. The zero-order valence-electron chi connectivity index (χ0n) is 22.7. The molecule has 0 radical (unpaired) electrons. The number of methoxy groups -OCH3 is 2. The molecule has 7 rings (SSSR count). The van der Waals surface area contributed by atoms with Crippen LogP contribution in [-0.2, 0) is 10.2 Å². The average Bonchev–Trinajstić information content (AvgIpc) is 3.73. The molecule has 1 N–H and O–H groups in total. The topological polar surface area (TPSA) is 84.9 Å². The number of anilines is 2. The van der Waals surface area contributed by atoms with E-state index in [0.29, 0.717) is 32.6 Å². The Morgan fingerprint density at radius 1 is 0.976 bits per heavy atom. The lowest BCUT2D eigenvalue weighted by atomic mass is 9.64. The summed E-state index contributed by atoms with van der Waals surface area (Å²) in [6, 6.07) is 19.7. The van der Waals surface area contributed by atoms with Gasteiger partial charge in [-0.3, -0.25) is 14.4 Å². The van der Waals surface area contributed by atoms with Crippen LogP contribution in [0.15, 0.2) is 84.3 Å². The van der Waals surface area contributed by atoms with Crippen LogP contribution < -0.4 is 19.7 Å². The number of carbonyl (C=O) groups excluding carboxylic acids is 3. The fraction of sp³-hybridized carbons (Fsp3) is 0.182. The number of Topliss-reactive ketones (excluding diaryl/α,β-unsaturated/α-hetero) is 2. The van der Waals surface area contributed by atoms with E-state index >= 15 is 4.79 Å². The van der Waals surface area contributed by atoms with Crippen molar-refractivity contribution in [2.45, 2.75) is 17.5 Å². The Bertz CT molecular complexity index is 1800. The molecule has 1 aromatic heterocycles. The van der Waals surface area contributed by atoms with Gasteiger partial charge < -0.3 is 19.7 Å². The zero-order chi connectivity index (χ0) is 29.2. The van der Waals surface area contributed by atoms with E-state index < -0.39 is 23.4 Å². The third-order valence-corrected chi connectivity index (χ3v) is 9.70. The zero-order valence-corrected chi connectivity index (χ0v) is 24.2. The van der Waals surface area contributed by atoms with Crippen LogP contribution in [0, 0.1) is 5.92 Å². The molecular formula is C33H25ClN2O5S. The molecule has 3 aliphatic rings. The van der Waals surface area contributed by atoms with Gasteiger partial charge in [-0.1, -0.05) is 48.0 Å². The van der Waals surface area contributed by atoms with Crippen molar-refractivity contribution in [2.24, 2.45) is 5.92 Å². The molecule has 3 aliphatic heterocycles. The van der Waals surface area contributed by atoms with Crippen molar-refractivity contribution in [1.82, 2.24) is 0 Å². The largest absolute Gasteiger partial charge is 0.497 e. The molecule has 4 heterocycles. The molecule has 0 aliphatic carbocycles. The number of rotatable bonds is 6. The summed E-state index contributed by atoms with van der Waals surface area (Å²) in [5.74, 6) is -1.28. The molecule has 0 unspecified atom stereocenters. The Balaban J connectivity index is 1.55. The van der Waals surface area contributed by atoms with Gasteiger partial charge in [0.1, 0.15) is 23.0 Å². The van der Waals surface area contributed by atoms with Crippen molar-refractivity contribution in [1.29, 1.82) is 0 Å². The number of ketones is 2. The average molecular weight is 597 g/mol. The summed E-state index contributed by atoms with van der Waals surface area (Å²) in [7, 11) is 3.00. The van der Waals surface area contributed by atoms with E-state index in [0.717, 1.165) is 11.3 Å². The Labute approximate surface area is 251 Å². The molecule has 4 aromatic rings. The number of benzene rings is 3. The highest BCUT2D eigenvalue weighted by Gasteiger charge is 2.70. The lowest BCUT2D eigenvalue weighted by Crippen LogP contribution is -2.51. The molecule has 42 heavy (non-hydrogen) atoms. The molecule has 7 nitrogen and oxygen atoms in total. The van der Waals surface area contributed by atoms with E-state index in [4.69, 9.17) is 21.1 Å². The normalized spacial score (nSPS) is 23.3. The quantitative estimate of drug-likeness (QED) is 0.264. The van der Waals surface area contributed by atoms with Gasteiger partial charge in [0.15, 0.2) is 11.6 Å². The van der Waals surface area contributed by atoms with Gasteiger partial charge in [0, 0.05) is 16.4 Å². The monoisotopic (exact) mass is 596 g/mol. The molecule has 3 aromatic carbocycles. The van der Waals surface area contributed by atoms with Crippen LogP contribution >= 0.6 is 22.9 Å². The van der Waals surface area contributed by atoms with Gasteiger partial charge in [-0.25, -0.2) is 0 Å². The van der Waals surface area contributed by atoms with E-state index in [1.165, 1.54) is 25.6 Å². The first-order chi connectivity index (χ1) is 20.4. The van der Waals surface area contributed by atoms with Gasteiger partial charge >= 0.3 is 0 Å². The molecule has 1 spiro atoms. The summed E-state index contributed by atoms with van der Waals surface area (Å²) in [6.45, 7) is 0. The summed E-state index contributed by atoms with van der Waals surface area (Å²) in [6.07, 6.45) is 3.84. The number of fused-ring (bicyclic) bond motifs is 6. The number of thiophene rings is 1. The van der Waals surface area contributed by atoms with Crippen LogP contribution in [0.3, 0.4) is 0 Å². The molecule has 210 valence electrons. The van der Waals surface area contributed by atoms with Crippen LogP contribution in [0.5, 0.6) is 11.5 Å². The lowest BCUT2D eigenvalue weighted by Gasteiger charge is -2.37. The maximum atomic E-state index is 15.1. The summed E-state index contributed by atoms with van der Waals surface area (Å²) >= 11 is 7.68. The fourth-order valence-electron chi connectivity index (χ4n) is 6.89. The van der Waals surface area contributed by atoms with Gasteiger partial charge in [-0.05, 0) is 65.0 Å². The minimum atomic E-state index is -1.42. The van der Waals surface area contributed by atoms with Crippen molar-refractivity contribution >= 4 is 57.9 Å². The van der Waals surface area contributed by atoms with Gasteiger partial charge in [0.2, 0.25) is 5.91 Å². The molecule has 1 amide bonds. The predicted molar refractivity (Wildman–Crippen MR) is 163 cm³/mol. The first-order valence-corrected chi connectivity index (χ1v) is 14.7. The van der Waals surface area contributed by atoms with Crippen LogP contribution in [0.1, 0.15) is 31.2 Å². The number of nitrogens with one attached hydrogen (secondary N) is 1. The molecule has 0 saturated carbocycles. The highest BCUT2D eigenvalue weighted by atomic mass is 35.5. The number of para-hydroxylation sites is 1. The Morgan fingerprint density at radius 2 is 1.81 bits per heavy atom. The third-order valence-electron chi connectivity index (χ3n) is 8.58. The first-order valence-electron chi connectivity index (χ1n) is 13.4. The molecule has 1 fully saturated rings. The molecule has 1 saturated heterocycles. The highest BCUT2D eigenvalue weighted by Crippen LogP contribution is 2.58. The molecule has 4 atom stereocenters. The minimum absolute atomic E-state index is 0.236. The van der Waals surface area contributed by atoms with E-state index in [9.17, 15) is 9.59 Å². The van der Waals surface area contributed by atoms with Crippen LogP contribution in [0.2, 0.25) is 5.02 Å². The van der Waals surface area contributed by atoms with E-state index in [-0.39, 0.29) is 23.0 Å². The van der Waals surface area contributed by atoms with Crippen LogP contribution in [0.4, 0.5) is 11.4 Å². The second kappa shape index (κ2) is 9.86. The van der Waals surface area contributed by atoms with Crippen molar-refractivity contribution in [2.75, 3.05) is 24.4 Å². The predicted octanol–water partition coefficient (Wildman–Crippen LogP) is 6.27. The van der Waals surface area contributed by atoms with E-state index in [1.54, 1.807) is 30.3 Å². The van der Waals surface area contributed by atoms with Gasteiger partial charge in [0.05, 0.1) is 36.6 Å². The SMILES string of the molecule is COc1ccc(OC)c(C(=O)[C@H]2[C@@H](C(=O)c3cccs3)N3c4ccc(Cl)cc4C=C[C@@H]3[C@]23C(=O)Nc2ccccc23)c1. The maximum Gasteiger partial charge on any atom is 0.238 e. The highest BCUT2D eigenvalue weighted by molar-refractivity contribution is 7.12. The minimum Gasteiger partial charge on any atom is -0.497 e. The van der Waals surface area contributed by atoms with E-state index in [2.05, 4.69) is 5.32 Å². The fourth-order valence-corrected chi connectivity index (χ4v) is 7.77. The van der Waals surface area contributed by atoms with E-state index in [1.807, 2.05) is 64.9 Å². The standard InChI is InChI=1S/C33H25ClN2O5S/c1-40-20-11-13-25(41-2)21(17-20)30(37)28-29(31(38)26-8-5-15-42-26)36-24-12-10-19(34)16-18(24)9-14-27(36)33(28)22-6-3-4-7-23(22)35-32(33)39/h3-17,27-29H,1-2H3,(H,35,39)/t27-,28-,29+,33+/m1/s1. The van der Waals surface area contributed by atoms with Crippen molar-refractivity contribution in [3.63, 3.8) is 0 Å².